The lowest BCUT2D eigenvalue weighted by Crippen LogP contribution is -2.63. The number of alkyl carbamates (subject to hydrolysis) is 1. The number of nitrogens with one attached hydrogen (secondary N) is 8. The first-order valence-electron chi connectivity index (χ1n) is 31.1. The molecule has 7 atom stereocenters. The van der Waals surface area contributed by atoms with Crippen molar-refractivity contribution in [2.45, 2.75) is 132 Å². The second kappa shape index (κ2) is 32.5. The van der Waals surface area contributed by atoms with Crippen molar-refractivity contribution in [2.75, 3.05) is 25.9 Å². The molecule has 0 unspecified atom stereocenters. The molecule has 21 heteroatoms. The van der Waals surface area contributed by atoms with Crippen LogP contribution in [0.3, 0.4) is 0 Å². The number of carbonyl (C=O) groups excluding carboxylic acids is 8. The molecule has 0 saturated carbocycles. The minimum Gasteiger partial charge on any atom is -0.508 e. The third-order valence-corrected chi connectivity index (χ3v) is 17.5. The number of nitrogens with zero attached hydrogens (tertiary/aromatic N) is 1. The van der Waals surface area contributed by atoms with Crippen LogP contribution in [-0.2, 0) is 62.3 Å². The van der Waals surface area contributed by atoms with Gasteiger partial charge >= 0.3 is 6.09 Å². The number of phenols is 1. The Hall–Kier alpha value is -9.47. The number of hydrogen-bond acceptors (Lipinski definition) is 12. The highest BCUT2D eigenvalue weighted by atomic mass is 32.2. The average molecular weight is 1270 g/mol. The highest BCUT2D eigenvalue weighted by Crippen LogP contribution is 2.48. The molecule has 7 aromatic rings. The van der Waals surface area contributed by atoms with E-state index in [4.69, 9.17) is 4.74 Å². The van der Waals surface area contributed by atoms with Crippen molar-refractivity contribution >= 4 is 70.1 Å². The number of thioether (sulfide) groups is 1. The topological polar surface area (TPSA) is 289 Å². The van der Waals surface area contributed by atoms with Crippen LogP contribution in [0.5, 0.6) is 5.75 Å². The van der Waals surface area contributed by atoms with Gasteiger partial charge in [0.25, 0.3) is 0 Å². The second-order valence-electron chi connectivity index (χ2n) is 24.0. The Bertz CT molecular complexity index is 3510. The fraction of sp³-hybridized carbons (Fsp3) is 0.352. The summed E-state index contributed by atoms with van der Waals surface area (Å²) in [6.45, 7) is 6.82. The van der Waals surface area contributed by atoms with Crippen LogP contribution in [-0.4, -0.2) is 141 Å². The number of unbranched alkanes of at least 4 members (excludes halogenated alkanes) is 1. The largest absolute Gasteiger partial charge is 0.508 e. The summed E-state index contributed by atoms with van der Waals surface area (Å²) >= 11 is 1.65. The Morgan fingerprint density at radius 2 is 1.09 bits per heavy atom. The van der Waals surface area contributed by atoms with Crippen molar-refractivity contribution in [1.29, 1.82) is 0 Å². The fourth-order valence-electron chi connectivity index (χ4n) is 11.3. The van der Waals surface area contributed by atoms with E-state index in [1.807, 2.05) is 78.9 Å². The maximum Gasteiger partial charge on any atom is 0.407 e. The Morgan fingerprint density at radius 3 is 1.68 bits per heavy atom. The van der Waals surface area contributed by atoms with Gasteiger partial charge in [-0.05, 0) is 105 Å². The number of aromatic hydroxyl groups is 1. The lowest BCUT2D eigenvalue weighted by molar-refractivity contribution is -0.144. The molecule has 20 nitrogen and oxygen atoms in total. The molecule has 8 rings (SSSR count). The Kier molecular flexibility index (Phi) is 24.2. The van der Waals surface area contributed by atoms with Gasteiger partial charge in [-0.25, -0.2) is 4.79 Å². The van der Waals surface area contributed by atoms with Crippen molar-refractivity contribution in [3.05, 3.63) is 209 Å². The quantitative estimate of drug-likeness (QED) is 0.0246. The molecule has 0 aliphatic carbocycles. The molecule has 1 aliphatic rings. The summed E-state index contributed by atoms with van der Waals surface area (Å²) < 4.78 is 4.70. The molecule has 0 spiro atoms. The normalized spacial score (nSPS) is 19.3. The van der Waals surface area contributed by atoms with Gasteiger partial charge in [0.2, 0.25) is 41.4 Å². The van der Waals surface area contributed by atoms with E-state index in [0.717, 1.165) is 32.5 Å². The van der Waals surface area contributed by atoms with Crippen LogP contribution in [0.2, 0.25) is 0 Å². The molecular formula is C71H83N9O11S. The van der Waals surface area contributed by atoms with Crippen LogP contribution >= 0.6 is 11.8 Å². The van der Waals surface area contributed by atoms with E-state index >= 15 is 19.2 Å². The molecule has 8 amide bonds. The summed E-state index contributed by atoms with van der Waals surface area (Å²) in [4.78, 5) is 121. The van der Waals surface area contributed by atoms with Crippen molar-refractivity contribution in [1.82, 2.24) is 47.1 Å². The SMILES string of the molecule is C[C@@H](O)[C@@H]1NC(=O)[C@H](CCCCNC(=O)OC(C)(C)C)NC(=O)[C@@H](Cc2c[nH]c3ccccc23)NC(=O)[C@H](Cc2ccc(O)cc2)NC(=O)[C@H](CCC(=O)NCCSC(c2ccccc2)(c2ccccc2)c2ccccc2)N(C)C(=O)[C@H](Cc2ccccc2)NC1=O. The minimum absolute atomic E-state index is 0.0508. The number of benzene rings is 6. The van der Waals surface area contributed by atoms with E-state index in [1.54, 1.807) is 81.2 Å². The standard InChI is InChI=1S/C71H83N9O11S/c1-46(81)62-67(88)78-59(43-47-22-10-6-11-23-47)68(89)80(5)60(37-38-61(83)72-40-41-92-71(50-24-12-7-13-25-50,51-26-14-8-15-27-51)52-28-16-9-17-29-52)66(87)77-57(42-48-33-35-53(82)36-34-48)64(85)76-58(44-49-45-74-55-31-19-18-30-54(49)55)65(86)75-56(63(84)79-62)32-20-21-39-73-69(90)91-70(2,3)4/h6-19,22-31,33-36,45-46,56-60,62,74,81-82H,20-21,32,37-44H2,1-5H3,(H,72,83)(H,73,90)(H,75,86)(H,76,85)(H,77,87)(H,78,88)(H,79,84)/t46-,56+,57+,58-,59+,60+,62+/m1/s1. The molecular weight excluding hydrogens is 1190 g/mol. The third kappa shape index (κ3) is 18.8. The summed E-state index contributed by atoms with van der Waals surface area (Å²) in [5, 5.41) is 41.9. The monoisotopic (exact) mass is 1270 g/mol. The molecule has 1 fully saturated rings. The molecule has 1 saturated heterocycles. The van der Waals surface area contributed by atoms with Gasteiger partial charge < -0.3 is 62.1 Å². The predicted molar refractivity (Wildman–Crippen MR) is 354 cm³/mol. The number of ether oxygens (including phenoxy) is 1. The van der Waals surface area contributed by atoms with Gasteiger partial charge in [-0.3, -0.25) is 33.6 Å². The van der Waals surface area contributed by atoms with E-state index < -0.39 is 100 Å². The average Bonchev–Trinajstić information content (AvgIpc) is 0.896. The summed E-state index contributed by atoms with van der Waals surface area (Å²) in [5.74, 6) is -5.15. The highest BCUT2D eigenvalue weighted by molar-refractivity contribution is 8.00. The smallest absolute Gasteiger partial charge is 0.407 e. The van der Waals surface area contributed by atoms with Gasteiger partial charge in [0.15, 0.2) is 0 Å². The van der Waals surface area contributed by atoms with Crippen LogP contribution in [0, 0.1) is 0 Å². The predicted octanol–water partition coefficient (Wildman–Crippen LogP) is 6.86. The van der Waals surface area contributed by atoms with Gasteiger partial charge in [-0.15, -0.1) is 11.8 Å². The summed E-state index contributed by atoms with van der Waals surface area (Å²) in [6.07, 6.45) is -1.01. The van der Waals surface area contributed by atoms with Crippen LogP contribution in [0.4, 0.5) is 4.79 Å². The summed E-state index contributed by atoms with van der Waals surface area (Å²) in [7, 11) is 1.36. The lowest BCUT2D eigenvalue weighted by atomic mass is 9.84. The van der Waals surface area contributed by atoms with E-state index in [-0.39, 0.29) is 63.8 Å². The Labute approximate surface area is 540 Å². The molecule has 1 aromatic heterocycles. The first-order valence-corrected chi connectivity index (χ1v) is 32.0. The van der Waals surface area contributed by atoms with Crippen LogP contribution < -0.4 is 37.2 Å². The number of amides is 8. The van der Waals surface area contributed by atoms with E-state index in [9.17, 15) is 29.4 Å². The number of aromatic nitrogens is 1. The minimum atomic E-state index is -1.70. The zero-order valence-electron chi connectivity index (χ0n) is 52.5. The van der Waals surface area contributed by atoms with Crippen molar-refractivity contribution < 1.29 is 53.3 Å². The molecule has 6 aromatic carbocycles. The third-order valence-electron chi connectivity index (χ3n) is 16.0. The van der Waals surface area contributed by atoms with Crippen LogP contribution in [0.15, 0.2) is 176 Å². The number of likely N-dealkylation sites (N-methyl/N-ethyl adjacent to an activating group) is 1. The van der Waals surface area contributed by atoms with Crippen molar-refractivity contribution in [3.8, 4) is 5.75 Å². The Morgan fingerprint density at radius 1 is 0.576 bits per heavy atom. The Balaban J connectivity index is 1.12. The molecule has 484 valence electrons. The van der Waals surface area contributed by atoms with E-state index in [1.165, 1.54) is 26.1 Å². The van der Waals surface area contributed by atoms with Gasteiger partial charge in [0.05, 0.1) is 10.9 Å². The zero-order chi connectivity index (χ0) is 65.8. The number of hydrogen-bond donors (Lipinski definition) is 10. The van der Waals surface area contributed by atoms with Gasteiger partial charge in [-0.1, -0.05) is 152 Å². The maximum absolute atomic E-state index is 15.4. The number of fused-ring (bicyclic) bond motifs is 1. The number of phenolic OH excluding ortho intramolecular Hbond substituents is 1. The lowest BCUT2D eigenvalue weighted by Gasteiger charge is -2.35. The number of rotatable bonds is 22. The molecule has 0 bridgehead atoms. The highest BCUT2D eigenvalue weighted by Gasteiger charge is 2.40. The molecule has 0 radical (unpaired) electrons. The number of H-pyrrole nitrogens is 1. The van der Waals surface area contributed by atoms with Gasteiger partial charge in [0.1, 0.15) is 47.6 Å². The molecule has 92 heavy (non-hydrogen) atoms. The van der Waals surface area contributed by atoms with Crippen LogP contribution in [0.25, 0.3) is 10.9 Å². The van der Waals surface area contributed by atoms with Crippen molar-refractivity contribution in [2.24, 2.45) is 0 Å². The van der Waals surface area contributed by atoms with Gasteiger partial charge in [-0.2, -0.15) is 0 Å². The number of aliphatic hydroxyl groups excluding tert-OH is 1. The van der Waals surface area contributed by atoms with E-state index in [0.29, 0.717) is 28.9 Å². The maximum atomic E-state index is 15.4. The molecule has 10 N–H and O–H groups in total. The van der Waals surface area contributed by atoms with Crippen LogP contribution in [0.1, 0.15) is 93.2 Å². The molecule has 1 aliphatic heterocycles. The van der Waals surface area contributed by atoms with Crippen molar-refractivity contribution in [3.63, 3.8) is 0 Å². The first kappa shape index (κ1) is 68.4. The summed E-state index contributed by atoms with van der Waals surface area (Å²) in [5.41, 5.74) is 4.83. The number of para-hydroxylation sites is 1. The number of carbonyl (C=O) groups is 8. The number of aromatic amines is 1. The first-order chi connectivity index (χ1) is 44.2. The fourth-order valence-corrected chi connectivity index (χ4v) is 12.7. The molecule has 2 heterocycles. The second-order valence-corrected chi connectivity index (χ2v) is 25.3. The summed E-state index contributed by atoms with van der Waals surface area (Å²) in [6, 6.07) is 43.5. The zero-order valence-corrected chi connectivity index (χ0v) is 53.3. The van der Waals surface area contributed by atoms with Gasteiger partial charge in [0, 0.05) is 68.7 Å². The van der Waals surface area contributed by atoms with E-state index in [2.05, 4.69) is 78.6 Å². The number of aliphatic hydroxyl groups is 1.